The summed E-state index contributed by atoms with van der Waals surface area (Å²) in [4.78, 5) is 2.40. The molecule has 0 aliphatic heterocycles. The lowest BCUT2D eigenvalue weighted by molar-refractivity contribution is 0.220. The number of rotatable bonds is 8. The second-order valence-corrected chi connectivity index (χ2v) is 6.56. The lowest BCUT2D eigenvalue weighted by atomic mass is 10.1. The molecule has 2 nitrogen and oxygen atoms in total. The van der Waals surface area contributed by atoms with Crippen LogP contribution in [0.3, 0.4) is 0 Å². The molecule has 0 aliphatic rings. The summed E-state index contributed by atoms with van der Waals surface area (Å²) >= 11 is 0. The van der Waals surface area contributed by atoms with E-state index in [4.69, 9.17) is 0 Å². The van der Waals surface area contributed by atoms with E-state index >= 15 is 0 Å². The molecule has 0 radical (unpaired) electrons. The molecular formula is C23H25FN2. The topological polar surface area (TPSA) is 8.17 Å². The smallest absolute Gasteiger partial charge is 0.123 e. The SMILES string of the molecule is C=CCN(Cc1cccn1Cc1ccc(F)cc1)[C@@H](C)c1ccccc1. The summed E-state index contributed by atoms with van der Waals surface area (Å²) in [7, 11) is 0. The highest BCUT2D eigenvalue weighted by atomic mass is 19.1. The van der Waals surface area contributed by atoms with E-state index in [1.54, 1.807) is 0 Å². The third-order valence-corrected chi connectivity index (χ3v) is 4.75. The van der Waals surface area contributed by atoms with Crippen LogP contribution in [-0.2, 0) is 13.1 Å². The maximum atomic E-state index is 13.1. The van der Waals surface area contributed by atoms with Gasteiger partial charge < -0.3 is 4.57 Å². The van der Waals surface area contributed by atoms with Crippen LogP contribution in [0.2, 0.25) is 0 Å². The molecule has 0 unspecified atom stereocenters. The predicted octanol–water partition coefficient (Wildman–Crippen LogP) is 5.42. The fraction of sp³-hybridized carbons (Fsp3) is 0.217. The van der Waals surface area contributed by atoms with Crippen LogP contribution in [0.5, 0.6) is 0 Å². The van der Waals surface area contributed by atoms with Crippen LogP contribution in [0.4, 0.5) is 4.39 Å². The van der Waals surface area contributed by atoms with E-state index in [0.29, 0.717) is 6.04 Å². The Morgan fingerprint density at radius 1 is 1.04 bits per heavy atom. The minimum Gasteiger partial charge on any atom is -0.346 e. The van der Waals surface area contributed by atoms with E-state index in [9.17, 15) is 4.39 Å². The van der Waals surface area contributed by atoms with Crippen LogP contribution in [-0.4, -0.2) is 16.0 Å². The first-order valence-corrected chi connectivity index (χ1v) is 8.95. The molecule has 0 aliphatic carbocycles. The van der Waals surface area contributed by atoms with E-state index in [0.717, 1.165) is 25.2 Å². The maximum absolute atomic E-state index is 13.1. The number of aromatic nitrogens is 1. The molecule has 1 aromatic heterocycles. The van der Waals surface area contributed by atoms with Gasteiger partial charge in [0.15, 0.2) is 0 Å². The molecule has 134 valence electrons. The number of hydrogen-bond acceptors (Lipinski definition) is 1. The first-order valence-electron chi connectivity index (χ1n) is 8.95. The van der Waals surface area contributed by atoms with Gasteiger partial charge in [-0.3, -0.25) is 4.90 Å². The van der Waals surface area contributed by atoms with E-state index < -0.39 is 0 Å². The number of halogens is 1. The Kier molecular flexibility index (Phi) is 6.03. The molecule has 26 heavy (non-hydrogen) atoms. The summed E-state index contributed by atoms with van der Waals surface area (Å²) in [5.74, 6) is -0.199. The Bertz CT molecular complexity index is 821. The number of benzene rings is 2. The van der Waals surface area contributed by atoms with Crippen molar-refractivity contribution in [2.75, 3.05) is 6.54 Å². The van der Waals surface area contributed by atoms with Crippen LogP contribution in [0, 0.1) is 5.82 Å². The van der Waals surface area contributed by atoms with Gasteiger partial charge in [0.05, 0.1) is 0 Å². The Hall–Kier alpha value is -2.65. The predicted molar refractivity (Wildman–Crippen MR) is 105 cm³/mol. The molecule has 0 fully saturated rings. The van der Waals surface area contributed by atoms with Crippen LogP contribution in [0.25, 0.3) is 0 Å². The Labute approximate surface area is 155 Å². The summed E-state index contributed by atoms with van der Waals surface area (Å²) in [6, 6.07) is 21.8. The standard InChI is InChI=1S/C23H25FN2/c1-3-15-25(19(2)21-8-5-4-6-9-21)18-23-10-7-16-26(23)17-20-11-13-22(24)14-12-20/h3-14,16,19H,1,15,17-18H2,2H3/t19-/m0/s1. The highest BCUT2D eigenvalue weighted by molar-refractivity contribution is 5.21. The molecule has 0 N–H and O–H groups in total. The van der Waals surface area contributed by atoms with Gasteiger partial charge in [-0.05, 0) is 42.3 Å². The number of hydrogen-bond donors (Lipinski definition) is 0. The van der Waals surface area contributed by atoms with Crippen molar-refractivity contribution in [1.29, 1.82) is 0 Å². The third-order valence-electron chi connectivity index (χ3n) is 4.75. The zero-order valence-corrected chi connectivity index (χ0v) is 15.2. The van der Waals surface area contributed by atoms with E-state index in [-0.39, 0.29) is 5.82 Å². The van der Waals surface area contributed by atoms with Crippen molar-refractivity contribution in [1.82, 2.24) is 9.47 Å². The zero-order chi connectivity index (χ0) is 18.4. The van der Waals surface area contributed by atoms with Crippen molar-refractivity contribution in [2.24, 2.45) is 0 Å². The quantitative estimate of drug-likeness (QED) is 0.493. The molecule has 0 amide bonds. The van der Waals surface area contributed by atoms with E-state index in [1.807, 2.05) is 24.3 Å². The molecule has 1 atom stereocenters. The summed E-state index contributed by atoms with van der Waals surface area (Å²) in [6.07, 6.45) is 4.03. The van der Waals surface area contributed by atoms with Gasteiger partial charge in [-0.1, -0.05) is 48.5 Å². The van der Waals surface area contributed by atoms with Crippen LogP contribution in [0.1, 0.15) is 29.8 Å². The average Bonchev–Trinajstić information content (AvgIpc) is 3.10. The molecule has 0 bridgehead atoms. The van der Waals surface area contributed by atoms with Crippen molar-refractivity contribution < 1.29 is 4.39 Å². The highest BCUT2D eigenvalue weighted by Gasteiger charge is 2.16. The van der Waals surface area contributed by atoms with Gasteiger partial charge >= 0.3 is 0 Å². The first-order chi connectivity index (χ1) is 12.7. The fourth-order valence-electron chi connectivity index (χ4n) is 3.21. The van der Waals surface area contributed by atoms with Crippen LogP contribution < -0.4 is 0 Å². The Morgan fingerprint density at radius 3 is 2.46 bits per heavy atom. The van der Waals surface area contributed by atoms with E-state index in [2.05, 4.69) is 65.6 Å². The second-order valence-electron chi connectivity index (χ2n) is 6.56. The van der Waals surface area contributed by atoms with Gasteiger partial charge in [-0.2, -0.15) is 0 Å². The van der Waals surface area contributed by atoms with Crippen LogP contribution in [0.15, 0.2) is 85.6 Å². The Balaban J connectivity index is 1.76. The van der Waals surface area contributed by atoms with Crippen molar-refractivity contribution in [3.63, 3.8) is 0 Å². The lowest BCUT2D eigenvalue weighted by Crippen LogP contribution is -2.28. The van der Waals surface area contributed by atoms with Gasteiger partial charge in [0, 0.05) is 37.6 Å². The molecule has 3 rings (SSSR count). The monoisotopic (exact) mass is 348 g/mol. The molecule has 0 saturated heterocycles. The minimum absolute atomic E-state index is 0.199. The summed E-state index contributed by atoms with van der Waals surface area (Å²) in [5, 5.41) is 0. The normalized spacial score (nSPS) is 12.3. The van der Waals surface area contributed by atoms with Crippen molar-refractivity contribution in [3.05, 3.63) is 108 Å². The molecule has 3 heteroatoms. The minimum atomic E-state index is -0.199. The van der Waals surface area contributed by atoms with Crippen molar-refractivity contribution >= 4 is 0 Å². The maximum Gasteiger partial charge on any atom is 0.123 e. The zero-order valence-electron chi connectivity index (χ0n) is 15.2. The fourth-order valence-corrected chi connectivity index (χ4v) is 3.21. The molecule has 2 aromatic carbocycles. The third kappa shape index (κ3) is 4.50. The number of nitrogens with zero attached hydrogens (tertiary/aromatic N) is 2. The summed E-state index contributed by atoms with van der Waals surface area (Å²) in [5.41, 5.74) is 3.63. The molecular weight excluding hydrogens is 323 g/mol. The molecule has 1 heterocycles. The second kappa shape index (κ2) is 8.63. The van der Waals surface area contributed by atoms with Gasteiger partial charge in [0.2, 0.25) is 0 Å². The van der Waals surface area contributed by atoms with Gasteiger partial charge in [-0.25, -0.2) is 4.39 Å². The largest absolute Gasteiger partial charge is 0.346 e. The molecule has 0 saturated carbocycles. The van der Waals surface area contributed by atoms with Gasteiger partial charge in [-0.15, -0.1) is 6.58 Å². The van der Waals surface area contributed by atoms with Crippen molar-refractivity contribution in [2.45, 2.75) is 26.1 Å². The van der Waals surface area contributed by atoms with Crippen LogP contribution >= 0.6 is 0 Å². The highest BCUT2D eigenvalue weighted by Crippen LogP contribution is 2.22. The average molecular weight is 348 g/mol. The lowest BCUT2D eigenvalue weighted by Gasteiger charge is -2.29. The van der Waals surface area contributed by atoms with Crippen molar-refractivity contribution in [3.8, 4) is 0 Å². The molecule has 0 spiro atoms. The molecule has 3 aromatic rings. The van der Waals surface area contributed by atoms with E-state index in [1.165, 1.54) is 23.4 Å². The first kappa shape index (κ1) is 18.2. The van der Waals surface area contributed by atoms with Gasteiger partial charge in [0.1, 0.15) is 5.82 Å². The summed E-state index contributed by atoms with van der Waals surface area (Å²) < 4.78 is 15.4. The Morgan fingerprint density at radius 2 is 1.77 bits per heavy atom. The summed E-state index contributed by atoms with van der Waals surface area (Å²) in [6.45, 7) is 8.54. The van der Waals surface area contributed by atoms with Gasteiger partial charge in [0.25, 0.3) is 0 Å².